The average Bonchev–Trinajstić information content (AvgIpc) is 2.65. The van der Waals surface area contributed by atoms with Crippen LogP contribution in [0.4, 0.5) is 0 Å². The number of ether oxygens (including phenoxy) is 1. The summed E-state index contributed by atoms with van der Waals surface area (Å²) in [5.41, 5.74) is -0.0399. The van der Waals surface area contributed by atoms with Crippen LogP contribution in [0.3, 0.4) is 0 Å². The molecule has 1 aliphatic rings. The minimum Gasteiger partial charge on any atom is -0.459 e. The van der Waals surface area contributed by atoms with Crippen molar-refractivity contribution in [2.45, 2.75) is 57.7 Å². The first-order valence-electron chi connectivity index (χ1n) is 9.38. The molecule has 1 fully saturated rings. The fourth-order valence-electron chi connectivity index (χ4n) is 3.92. The Kier molecular flexibility index (Phi) is 5.52. The monoisotopic (exact) mass is 382 g/mol. The van der Waals surface area contributed by atoms with Gasteiger partial charge in [0.15, 0.2) is 0 Å². The highest BCUT2D eigenvalue weighted by Gasteiger charge is 2.49. The molecule has 0 saturated carbocycles. The molecule has 3 rings (SSSR count). The van der Waals surface area contributed by atoms with Crippen LogP contribution in [0.1, 0.15) is 61.3 Å². The molecular formula is C22H26N2O4. The van der Waals surface area contributed by atoms with Gasteiger partial charge in [-0.05, 0) is 52.0 Å². The smallest absolute Gasteiger partial charge is 0.357 e. The number of hydroxylamine groups is 2. The number of piperidine rings is 1. The number of hydrogen-bond donors (Lipinski definition) is 0. The number of carbonyl (C=O) groups excluding carboxylic acids is 2. The summed E-state index contributed by atoms with van der Waals surface area (Å²) in [7, 11) is 0. The molecule has 6 heteroatoms. The van der Waals surface area contributed by atoms with E-state index in [1.165, 1.54) is 0 Å². The van der Waals surface area contributed by atoms with Crippen LogP contribution in [-0.4, -0.2) is 39.2 Å². The van der Waals surface area contributed by atoms with Gasteiger partial charge in [-0.2, -0.15) is 0 Å². The van der Waals surface area contributed by atoms with Crippen LogP contribution in [0.25, 0.3) is 0 Å². The molecule has 1 aromatic heterocycles. The summed E-state index contributed by atoms with van der Waals surface area (Å²) in [4.78, 5) is 34.7. The topological polar surface area (TPSA) is 68.7 Å². The minimum absolute atomic E-state index is 0.270. The van der Waals surface area contributed by atoms with Crippen LogP contribution in [0.15, 0.2) is 54.9 Å². The van der Waals surface area contributed by atoms with Crippen LogP contribution in [0, 0.1) is 0 Å². The van der Waals surface area contributed by atoms with Crippen LogP contribution in [0.2, 0.25) is 0 Å². The summed E-state index contributed by atoms with van der Waals surface area (Å²) < 4.78 is 5.77. The van der Waals surface area contributed by atoms with Gasteiger partial charge in [0.1, 0.15) is 6.10 Å². The van der Waals surface area contributed by atoms with Crippen LogP contribution in [-0.2, 0) is 9.57 Å². The highest BCUT2D eigenvalue weighted by atomic mass is 16.7. The third kappa shape index (κ3) is 4.39. The van der Waals surface area contributed by atoms with Gasteiger partial charge < -0.3 is 9.57 Å². The highest BCUT2D eigenvalue weighted by Crippen LogP contribution is 2.40. The van der Waals surface area contributed by atoms with Gasteiger partial charge in [-0.3, -0.25) is 4.98 Å². The number of hydrogen-bond acceptors (Lipinski definition) is 6. The van der Waals surface area contributed by atoms with Crippen molar-refractivity contribution in [2.75, 3.05) is 0 Å². The molecule has 6 nitrogen and oxygen atoms in total. The minimum atomic E-state index is -0.508. The molecule has 2 aromatic rings. The van der Waals surface area contributed by atoms with Gasteiger partial charge in [0.25, 0.3) is 0 Å². The van der Waals surface area contributed by atoms with E-state index in [2.05, 4.69) is 4.98 Å². The van der Waals surface area contributed by atoms with Gasteiger partial charge in [-0.1, -0.05) is 18.2 Å². The zero-order valence-corrected chi connectivity index (χ0v) is 16.7. The summed E-state index contributed by atoms with van der Waals surface area (Å²) in [6, 6.07) is 12.2. The number of aromatic nitrogens is 1. The Morgan fingerprint density at radius 3 is 2.00 bits per heavy atom. The molecule has 0 spiro atoms. The summed E-state index contributed by atoms with van der Waals surface area (Å²) in [6.45, 7) is 7.93. The van der Waals surface area contributed by atoms with E-state index in [0.717, 1.165) is 0 Å². The van der Waals surface area contributed by atoms with E-state index in [1.807, 2.05) is 45.9 Å². The molecule has 0 atom stereocenters. The molecule has 2 heterocycles. The maximum atomic E-state index is 12.6. The van der Waals surface area contributed by atoms with Crippen LogP contribution >= 0.6 is 0 Å². The number of carbonyl (C=O) groups is 2. The maximum Gasteiger partial charge on any atom is 0.357 e. The van der Waals surface area contributed by atoms with E-state index >= 15 is 0 Å². The number of rotatable bonds is 4. The molecule has 0 aliphatic carbocycles. The van der Waals surface area contributed by atoms with E-state index in [1.54, 1.807) is 41.7 Å². The quantitative estimate of drug-likeness (QED) is 0.744. The maximum absolute atomic E-state index is 12.6. The Hall–Kier alpha value is -2.73. The Morgan fingerprint density at radius 2 is 1.43 bits per heavy atom. The second kappa shape index (κ2) is 7.72. The van der Waals surface area contributed by atoms with Gasteiger partial charge >= 0.3 is 11.9 Å². The number of nitrogens with zero attached hydrogens (tertiary/aromatic N) is 2. The van der Waals surface area contributed by atoms with Crippen molar-refractivity contribution in [2.24, 2.45) is 0 Å². The average molecular weight is 382 g/mol. The Morgan fingerprint density at radius 1 is 0.893 bits per heavy atom. The van der Waals surface area contributed by atoms with E-state index in [9.17, 15) is 9.59 Å². The third-order valence-electron chi connectivity index (χ3n) is 4.93. The molecule has 1 aromatic carbocycles. The summed E-state index contributed by atoms with van der Waals surface area (Å²) in [5, 5.41) is 1.73. The standard InChI is InChI=1S/C22H26N2O4/c1-21(2)14-18(27-19(25)16-8-6-5-7-9-16)15-22(3,4)24(21)28-20(26)17-10-12-23-13-11-17/h5-13,18H,14-15H2,1-4H3. The highest BCUT2D eigenvalue weighted by molar-refractivity contribution is 5.89. The number of esters is 1. The van der Waals surface area contributed by atoms with E-state index in [4.69, 9.17) is 9.57 Å². The fourth-order valence-corrected chi connectivity index (χ4v) is 3.92. The lowest BCUT2D eigenvalue weighted by Crippen LogP contribution is -2.62. The molecular weight excluding hydrogens is 356 g/mol. The van der Waals surface area contributed by atoms with Crippen molar-refractivity contribution in [3.8, 4) is 0 Å². The van der Waals surface area contributed by atoms with Crippen LogP contribution in [0.5, 0.6) is 0 Å². The van der Waals surface area contributed by atoms with Gasteiger partial charge in [-0.15, -0.1) is 5.06 Å². The molecule has 0 amide bonds. The summed E-state index contributed by atoms with van der Waals surface area (Å²) >= 11 is 0. The molecule has 0 radical (unpaired) electrons. The Balaban J connectivity index is 1.72. The first-order valence-corrected chi connectivity index (χ1v) is 9.38. The van der Waals surface area contributed by atoms with Crippen molar-refractivity contribution in [1.29, 1.82) is 0 Å². The summed E-state index contributed by atoms with van der Waals surface area (Å²) in [5.74, 6) is -0.761. The number of pyridine rings is 1. The van der Waals surface area contributed by atoms with Gasteiger partial charge in [0.05, 0.1) is 22.2 Å². The molecule has 0 bridgehead atoms. The predicted octanol–water partition coefficient (Wildman–Crippen LogP) is 4.03. The van der Waals surface area contributed by atoms with Gasteiger partial charge in [-0.25, -0.2) is 9.59 Å². The normalized spacial score (nSPS) is 19.0. The van der Waals surface area contributed by atoms with Gasteiger partial charge in [0.2, 0.25) is 0 Å². The first-order chi connectivity index (χ1) is 13.2. The lowest BCUT2D eigenvalue weighted by molar-refractivity contribution is -0.255. The van der Waals surface area contributed by atoms with Crippen molar-refractivity contribution in [1.82, 2.24) is 10.0 Å². The zero-order chi connectivity index (χ0) is 20.4. The Labute approximate surface area is 165 Å². The molecule has 1 saturated heterocycles. The second-order valence-electron chi connectivity index (χ2n) is 8.34. The molecule has 148 valence electrons. The third-order valence-corrected chi connectivity index (χ3v) is 4.93. The largest absolute Gasteiger partial charge is 0.459 e. The SMILES string of the molecule is CC1(C)CC(OC(=O)c2ccccc2)CC(C)(C)N1OC(=O)c1ccncc1. The van der Waals surface area contributed by atoms with Crippen LogP contribution < -0.4 is 0 Å². The van der Waals surface area contributed by atoms with Crippen molar-refractivity contribution >= 4 is 11.9 Å². The molecule has 28 heavy (non-hydrogen) atoms. The van der Waals surface area contributed by atoms with E-state index in [-0.39, 0.29) is 12.1 Å². The van der Waals surface area contributed by atoms with E-state index in [0.29, 0.717) is 24.0 Å². The van der Waals surface area contributed by atoms with Gasteiger partial charge in [0, 0.05) is 25.2 Å². The second-order valence-corrected chi connectivity index (χ2v) is 8.34. The first kappa shape index (κ1) is 20.0. The molecule has 0 N–H and O–H groups in total. The molecule has 0 unspecified atom stereocenters. The van der Waals surface area contributed by atoms with Crippen molar-refractivity contribution < 1.29 is 19.2 Å². The number of benzene rings is 1. The lowest BCUT2D eigenvalue weighted by Gasteiger charge is -2.52. The molecule has 1 aliphatic heterocycles. The predicted molar refractivity (Wildman–Crippen MR) is 105 cm³/mol. The van der Waals surface area contributed by atoms with Crippen molar-refractivity contribution in [3.63, 3.8) is 0 Å². The zero-order valence-electron chi connectivity index (χ0n) is 16.7. The lowest BCUT2D eigenvalue weighted by atomic mass is 9.80. The summed E-state index contributed by atoms with van der Waals surface area (Å²) in [6.07, 6.45) is 3.95. The van der Waals surface area contributed by atoms with E-state index < -0.39 is 17.0 Å². The van der Waals surface area contributed by atoms with Crippen molar-refractivity contribution in [3.05, 3.63) is 66.0 Å². The fraction of sp³-hybridized carbons (Fsp3) is 0.409. The Bertz CT molecular complexity index is 816.